The van der Waals surface area contributed by atoms with Gasteiger partial charge >= 0.3 is 0 Å². The predicted octanol–water partition coefficient (Wildman–Crippen LogP) is 4.23. The molecule has 3 aromatic carbocycles. The highest BCUT2D eigenvalue weighted by atomic mass is 19.1. The Balaban J connectivity index is 1.74. The van der Waals surface area contributed by atoms with Crippen molar-refractivity contribution >= 4 is 23.1 Å². The van der Waals surface area contributed by atoms with E-state index in [9.17, 15) is 28.6 Å². The van der Waals surface area contributed by atoms with Gasteiger partial charge in [-0.1, -0.05) is 12.1 Å². The van der Waals surface area contributed by atoms with Crippen LogP contribution in [0.25, 0.3) is 5.76 Å². The van der Waals surface area contributed by atoms with Crippen LogP contribution in [0.5, 0.6) is 11.5 Å². The average Bonchev–Trinajstić information content (AvgIpc) is 3.37. The molecule has 33 heavy (non-hydrogen) atoms. The fourth-order valence-corrected chi connectivity index (χ4v) is 4.25. The van der Waals surface area contributed by atoms with Crippen molar-refractivity contribution < 1.29 is 33.3 Å². The standard InChI is InChI=1S/C25H17F2NO5/c26-16-5-6-18(27)19(12-16)28-22(14-2-1-3-17(29)11-14)21(24(31)25(28)32)23(30)15-4-7-20-13(10-15)8-9-33-20/h1-7,10-12,22,29-30H,8-9H2/b23-21-. The van der Waals surface area contributed by atoms with Crippen molar-refractivity contribution in [2.75, 3.05) is 11.5 Å². The van der Waals surface area contributed by atoms with Crippen LogP contribution in [0.15, 0.2) is 66.2 Å². The molecule has 1 saturated heterocycles. The SMILES string of the molecule is O=C1C(=O)N(c2cc(F)ccc2F)C(c2cccc(O)c2)/C1=C(/O)c1ccc2c(c1)CCO2. The molecule has 0 spiro atoms. The van der Waals surface area contributed by atoms with E-state index in [0.717, 1.165) is 28.7 Å². The summed E-state index contributed by atoms with van der Waals surface area (Å²) in [5.41, 5.74) is 0.601. The number of benzene rings is 3. The molecule has 8 heteroatoms. The van der Waals surface area contributed by atoms with Gasteiger partial charge in [0.1, 0.15) is 28.9 Å². The number of nitrogens with zero attached hydrogens (tertiary/aromatic N) is 1. The Kier molecular flexibility index (Phi) is 4.85. The highest BCUT2D eigenvalue weighted by Gasteiger charge is 2.48. The van der Waals surface area contributed by atoms with Gasteiger partial charge in [0.2, 0.25) is 0 Å². The zero-order valence-electron chi connectivity index (χ0n) is 17.1. The molecule has 2 N–H and O–H groups in total. The maximum absolute atomic E-state index is 14.7. The molecule has 1 fully saturated rings. The molecule has 0 saturated carbocycles. The smallest absolute Gasteiger partial charge is 0.300 e. The second-order valence-electron chi connectivity index (χ2n) is 7.78. The van der Waals surface area contributed by atoms with Crippen molar-refractivity contribution in [2.45, 2.75) is 12.5 Å². The number of phenols is 1. The number of halogens is 2. The third-order valence-electron chi connectivity index (χ3n) is 5.76. The van der Waals surface area contributed by atoms with E-state index < -0.39 is 40.8 Å². The fourth-order valence-electron chi connectivity index (χ4n) is 4.25. The van der Waals surface area contributed by atoms with Crippen LogP contribution in [-0.4, -0.2) is 28.5 Å². The van der Waals surface area contributed by atoms with Gasteiger partial charge in [-0.3, -0.25) is 14.5 Å². The molecule has 0 aliphatic carbocycles. The maximum atomic E-state index is 14.7. The summed E-state index contributed by atoms with van der Waals surface area (Å²) in [5.74, 6) is -3.86. The largest absolute Gasteiger partial charge is 0.508 e. The first kappa shape index (κ1) is 20.7. The molecule has 166 valence electrons. The van der Waals surface area contributed by atoms with E-state index in [4.69, 9.17) is 4.74 Å². The Labute approximate surface area is 187 Å². The molecule has 0 radical (unpaired) electrons. The lowest BCUT2D eigenvalue weighted by molar-refractivity contribution is -0.132. The lowest BCUT2D eigenvalue weighted by Gasteiger charge is -2.26. The number of amides is 1. The van der Waals surface area contributed by atoms with Crippen molar-refractivity contribution in [3.05, 3.63) is 94.6 Å². The van der Waals surface area contributed by atoms with Gasteiger partial charge < -0.3 is 14.9 Å². The molecular formula is C25H17F2NO5. The number of anilines is 1. The number of aliphatic hydroxyl groups is 1. The molecule has 5 rings (SSSR count). The normalized spacial score (nSPS) is 19.0. The fraction of sp³-hybridized carbons (Fsp3) is 0.120. The van der Waals surface area contributed by atoms with E-state index in [1.165, 1.54) is 24.3 Å². The number of carbonyl (C=O) groups is 2. The first-order chi connectivity index (χ1) is 15.8. The topological polar surface area (TPSA) is 87.1 Å². The van der Waals surface area contributed by atoms with Crippen LogP contribution in [0.3, 0.4) is 0 Å². The van der Waals surface area contributed by atoms with Gasteiger partial charge in [0.25, 0.3) is 11.7 Å². The number of fused-ring (bicyclic) bond motifs is 1. The molecule has 3 aromatic rings. The number of aliphatic hydroxyl groups excluding tert-OH is 1. The van der Waals surface area contributed by atoms with E-state index in [0.29, 0.717) is 18.8 Å². The predicted molar refractivity (Wildman–Crippen MR) is 115 cm³/mol. The second kappa shape index (κ2) is 7.74. The van der Waals surface area contributed by atoms with Crippen molar-refractivity contribution in [1.82, 2.24) is 0 Å². The summed E-state index contributed by atoms with van der Waals surface area (Å²) in [6.07, 6.45) is 0.620. The summed E-state index contributed by atoms with van der Waals surface area (Å²) in [4.78, 5) is 26.9. The van der Waals surface area contributed by atoms with Crippen LogP contribution in [0.2, 0.25) is 0 Å². The quantitative estimate of drug-likeness (QED) is 0.355. The van der Waals surface area contributed by atoms with E-state index in [1.807, 2.05) is 0 Å². The van der Waals surface area contributed by atoms with Crippen LogP contribution in [-0.2, 0) is 16.0 Å². The zero-order chi connectivity index (χ0) is 23.3. The molecule has 1 unspecified atom stereocenters. The zero-order valence-corrected chi connectivity index (χ0v) is 17.1. The van der Waals surface area contributed by atoms with Gasteiger partial charge in [0.05, 0.1) is 23.9 Å². The number of phenolic OH excluding ortho intramolecular Hbond substituents is 1. The minimum Gasteiger partial charge on any atom is -0.508 e. The van der Waals surface area contributed by atoms with E-state index in [1.54, 1.807) is 18.2 Å². The minimum absolute atomic E-state index is 0.160. The number of ether oxygens (including phenoxy) is 1. The molecule has 2 aliphatic rings. The number of ketones is 1. The first-order valence-electron chi connectivity index (χ1n) is 10.2. The molecular weight excluding hydrogens is 432 g/mol. The molecule has 2 aliphatic heterocycles. The van der Waals surface area contributed by atoms with Gasteiger partial charge in [-0.2, -0.15) is 0 Å². The van der Waals surface area contributed by atoms with Crippen molar-refractivity contribution in [2.24, 2.45) is 0 Å². The van der Waals surface area contributed by atoms with Gasteiger partial charge in [-0.05, 0) is 53.6 Å². The van der Waals surface area contributed by atoms with Crippen LogP contribution in [0.1, 0.15) is 22.7 Å². The number of Topliss-reactive ketones (excluding diaryl/α,β-unsaturated/α-hetero) is 1. The summed E-state index contributed by atoms with van der Waals surface area (Å²) in [6, 6.07) is 11.8. The van der Waals surface area contributed by atoms with Crippen LogP contribution < -0.4 is 9.64 Å². The second-order valence-corrected chi connectivity index (χ2v) is 7.78. The molecule has 1 amide bonds. The van der Waals surface area contributed by atoms with Crippen molar-refractivity contribution in [1.29, 1.82) is 0 Å². The number of rotatable bonds is 3. The maximum Gasteiger partial charge on any atom is 0.300 e. The lowest BCUT2D eigenvalue weighted by Crippen LogP contribution is -2.30. The summed E-state index contributed by atoms with van der Waals surface area (Å²) >= 11 is 0. The number of hydrogen-bond donors (Lipinski definition) is 2. The van der Waals surface area contributed by atoms with Gasteiger partial charge in [-0.15, -0.1) is 0 Å². The minimum atomic E-state index is -1.29. The highest BCUT2D eigenvalue weighted by Crippen LogP contribution is 2.44. The third kappa shape index (κ3) is 3.40. The Morgan fingerprint density at radius 2 is 1.85 bits per heavy atom. The lowest BCUT2D eigenvalue weighted by atomic mass is 9.94. The Morgan fingerprint density at radius 1 is 1.03 bits per heavy atom. The Bertz CT molecular complexity index is 1350. The summed E-state index contributed by atoms with van der Waals surface area (Å²) in [6.45, 7) is 0.492. The monoisotopic (exact) mass is 449 g/mol. The molecule has 6 nitrogen and oxygen atoms in total. The highest BCUT2D eigenvalue weighted by molar-refractivity contribution is 6.51. The third-order valence-corrected chi connectivity index (χ3v) is 5.76. The number of aromatic hydroxyl groups is 1. The summed E-state index contributed by atoms with van der Waals surface area (Å²) in [7, 11) is 0. The van der Waals surface area contributed by atoms with Crippen LogP contribution in [0.4, 0.5) is 14.5 Å². The van der Waals surface area contributed by atoms with E-state index in [-0.39, 0.29) is 22.4 Å². The van der Waals surface area contributed by atoms with Crippen molar-refractivity contribution in [3.8, 4) is 11.5 Å². The number of hydrogen-bond acceptors (Lipinski definition) is 5. The molecule has 0 bridgehead atoms. The summed E-state index contributed by atoms with van der Waals surface area (Å²) in [5, 5.41) is 21.1. The first-order valence-corrected chi connectivity index (χ1v) is 10.2. The van der Waals surface area contributed by atoms with Crippen molar-refractivity contribution in [3.63, 3.8) is 0 Å². The van der Waals surface area contributed by atoms with E-state index >= 15 is 0 Å². The summed E-state index contributed by atoms with van der Waals surface area (Å²) < 4.78 is 34.1. The van der Waals surface area contributed by atoms with Gasteiger partial charge in [0.15, 0.2) is 0 Å². The van der Waals surface area contributed by atoms with Gasteiger partial charge in [0, 0.05) is 18.1 Å². The number of carbonyl (C=O) groups excluding carboxylic acids is 2. The molecule has 0 aromatic heterocycles. The Morgan fingerprint density at radius 3 is 2.64 bits per heavy atom. The van der Waals surface area contributed by atoms with Crippen LogP contribution >= 0.6 is 0 Å². The van der Waals surface area contributed by atoms with Gasteiger partial charge in [-0.25, -0.2) is 8.78 Å². The van der Waals surface area contributed by atoms with E-state index in [2.05, 4.69) is 0 Å². The Hall–Kier alpha value is -4.20. The molecule has 2 heterocycles. The average molecular weight is 449 g/mol. The molecule has 1 atom stereocenters. The van der Waals surface area contributed by atoms with Crippen LogP contribution in [0, 0.1) is 11.6 Å².